The molecule has 0 aromatic heterocycles. The van der Waals surface area contributed by atoms with Crippen LogP contribution in [0.4, 0.5) is 0 Å². The Morgan fingerprint density at radius 1 is 1.29 bits per heavy atom. The number of benzene rings is 1. The average molecular weight is 253 g/mol. The molecular weight excluding hydrogens is 238 g/mol. The van der Waals surface area contributed by atoms with Crippen molar-refractivity contribution in [2.75, 3.05) is 6.79 Å². The fourth-order valence-electron chi connectivity index (χ4n) is 1.26. The molecule has 1 atom stereocenters. The number of rotatable bonds is 2. The first-order valence-electron chi connectivity index (χ1n) is 5.32. The van der Waals surface area contributed by atoms with Gasteiger partial charge in [0.2, 0.25) is 6.79 Å². The van der Waals surface area contributed by atoms with Crippen LogP contribution in [0.25, 0.3) is 0 Å². The average Bonchev–Trinajstić information content (AvgIpc) is 2.71. The Balaban J connectivity index is 2.12. The zero-order valence-corrected chi connectivity index (χ0v) is 10.9. The second kappa shape index (κ2) is 4.58. The molecule has 1 aromatic rings. The summed E-state index contributed by atoms with van der Waals surface area (Å²) >= 11 is -1.24. The highest BCUT2D eigenvalue weighted by molar-refractivity contribution is 7.91. The molecule has 0 bridgehead atoms. The standard InChI is InChI=1S/C12H15NO3S/c1-12(2,3)17(14)13-7-9-4-5-10-11(6-9)16-8-15-10/h4-7H,8H2,1-3H3. The SMILES string of the molecule is CC(C)(C)[S+]([O-])N=Cc1ccc2c(c1)OCO2. The third-order valence-corrected chi connectivity index (χ3v) is 3.56. The Bertz CT molecular complexity index is 440. The van der Waals surface area contributed by atoms with E-state index in [4.69, 9.17) is 9.47 Å². The summed E-state index contributed by atoms with van der Waals surface area (Å²) in [6.07, 6.45) is 1.60. The van der Waals surface area contributed by atoms with Crippen LogP contribution in [0.2, 0.25) is 0 Å². The van der Waals surface area contributed by atoms with Crippen LogP contribution in [0.1, 0.15) is 26.3 Å². The van der Waals surface area contributed by atoms with Crippen molar-refractivity contribution < 1.29 is 14.0 Å². The zero-order valence-electron chi connectivity index (χ0n) is 10.1. The van der Waals surface area contributed by atoms with Crippen LogP contribution >= 0.6 is 0 Å². The lowest BCUT2D eigenvalue weighted by molar-refractivity contribution is 0.174. The Labute approximate surface area is 104 Å². The van der Waals surface area contributed by atoms with Crippen molar-refractivity contribution in [2.24, 2.45) is 4.40 Å². The van der Waals surface area contributed by atoms with E-state index in [0.29, 0.717) is 5.75 Å². The maximum Gasteiger partial charge on any atom is 0.231 e. The molecule has 17 heavy (non-hydrogen) atoms. The first-order valence-corrected chi connectivity index (χ1v) is 6.43. The van der Waals surface area contributed by atoms with Gasteiger partial charge < -0.3 is 14.0 Å². The third-order valence-electron chi connectivity index (χ3n) is 2.22. The molecule has 1 unspecified atom stereocenters. The van der Waals surface area contributed by atoms with Crippen LogP contribution in [-0.4, -0.2) is 22.3 Å². The fraction of sp³-hybridized carbons (Fsp3) is 0.417. The summed E-state index contributed by atoms with van der Waals surface area (Å²) in [5, 5.41) is 0. The Hall–Kier alpha value is -1.20. The molecule has 0 fully saturated rings. The van der Waals surface area contributed by atoms with Gasteiger partial charge in [-0.15, -0.1) is 0 Å². The highest BCUT2D eigenvalue weighted by Crippen LogP contribution is 2.32. The summed E-state index contributed by atoms with van der Waals surface area (Å²) in [7, 11) is 0. The van der Waals surface area contributed by atoms with Crippen LogP contribution in [0.5, 0.6) is 11.5 Å². The molecule has 1 aliphatic rings. The van der Waals surface area contributed by atoms with E-state index in [0.717, 1.165) is 11.3 Å². The van der Waals surface area contributed by atoms with Gasteiger partial charge in [0.25, 0.3) is 0 Å². The van der Waals surface area contributed by atoms with Gasteiger partial charge in [0.1, 0.15) is 16.1 Å². The predicted molar refractivity (Wildman–Crippen MR) is 68.1 cm³/mol. The minimum Gasteiger partial charge on any atom is -0.591 e. The Morgan fingerprint density at radius 2 is 2.00 bits per heavy atom. The molecule has 1 heterocycles. The minimum absolute atomic E-state index is 0.254. The lowest BCUT2D eigenvalue weighted by Gasteiger charge is -2.17. The first kappa shape index (κ1) is 12.3. The van der Waals surface area contributed by atoms with Gasteiger partial charge in [-0.3, -0.25) is 0 Å². The molecule has 1 aliphatic heterocycles. The number of hydrogen-bond acceptors (Lipinski definition) is 4. The van der Waals surface area contributed by atoms with Crippen molar-refractivity contribution in [1.29, 1.82) is 0 Å². The van der Waals surface area contributed by atoms with E-state index in [1.165, 1.54) is 0 Å². The number of fused-ring (bicyclic) bond motifs is 1. The van der Waals surface area contributed by atoms with Gasteiger partial charge >= 0.3 is 0 Å². The van der Waals surface area contributed by atoms with E-state index in [2.05, 4.69) is 4.40 Å². The van der Waals surface area contributed by atoms with Gasteiger partial charge in [-0.05, 0) is 39.0 Å². The van der Waals surface area contributed by atoms with E-state index in [1.807, 2.05) is 39.0 Å². The highest BCUT2D eigenvalue weighted by Gasteiger charge is 2.25. The predicted octanol–water partition coefficient (Wildman–Crippen LogP) is 2.30. The molecule has 1 aromatic carbocycles. The highest BCUT2D eigenvalue weighted by atomic mass is 32.2. The summed E-state index contributed by atoms with van der Waals surface area (Å²) < 4.78 is 25.9. The van der Waals surface area contributed by atoms with Crippen molar-refractivity contribution in [2.45, 2.75) is 25.5 Å². The van der Waals surface area contributed by atoms with Crippen molar-refractivity contribution in [1.82, 2.24) is 0 Å². The molecule has 0 amide bonds. The summed E-state index contributed by atoms with van der Waals surface area (Å²) in [6.45, 7) is 5.92. The van der Waals surface area contributed by atoms with Gasteiger partial charge in [0.05, 0.1) is 6.21 Å². The monoisotopic (exact) mass is 253 g/mol. The van der Waals surface area contributed by atoms with Crippen LogP contribution < -0.4 is 9.47 Å². The van der Waals surface area contributed by atoms with Crippen LogP contribution in [0, 0.1) is 0 Å². The van der Waals surface area contributed by atoms with Crippen LogP contribution in [-0.2, 0) is 11.4 Å². The molecule has 0 aliphatic carbocycles. The molecule has 4 nitrogen and oxygen atoms in total. The second-order valence-electron chi connectivity index (χ2n) is 4.71. The third kappa shape index (κ3) is 2.92. The van der Waals surface area contributed by atoms with Crippen LogP contribution in [0.15, 0.2) is 22.6 Å². The molecular formula is C12H15NO3S. The molecule has 0 radical (unpaired) electrons. The van der Waals surface area contributed by atoms with Crippen molar-refractivity contribution in [3.8, 4) is 11.5 Å². The quantitative estimate of drug-likeness (QED) is 0.600. The largest absolute Gasteiger partial charge is 0.591 e. The van der Waals surface area contributed by atoms with Gasteiger partial charge in [-0.2, -0.15) is 0 Å². The number of nitrogens with zero attached hydrogens (tertiary/aromatic N) is 1. The molecule has 0 spiro atoms. The van der Waals surface area contributed by atoms with Gasteiger partial charge in [0.15, 0.2) is 11.5 Å². The summed E-state index contributed by atoms with van der Waals surface area (Å²) in [6, 6.07) is 5.51. The van der Waals surface area contributed by atoms with E-state index in [9.17, 15) is 4.55 Å². The Morgan fingerprint density at radius 3 is 2.71 bits per heavy atom. The van der Waals surface area contributed by atoms with Crippen molar-refractivity contribution >= 4 is 17.6 Å². The maximum absolute atomic E-state index is 11.7. The van der Waals surface area contributed by atoms with E-state index < -0.39 is 11.4 Å². The molecule has 92 valence electrons. The number of ether oxygens (including phenoxy) is 2. The van der Waals surface area contributed by atoms with Crippen LogP contribution in [0.3, 0.4) is 0 Å². The molecule has 0 saturated carbocycles. The minimum atomic E-state index is -1.24. The zero-order chi connectivity index (χ0) is 12.5. The fourth-order valence-corrected chi connectivity index (χ4v) is 1.79. The topological polar surface area (TPSA) is 53.9 Å². The van der Waals surface area contributed by atoms with Gasteiger partial charge in [0, 0.05) is 5.56 Å². The lowest BCUT2D eigenvalue weighted by atomic mass is 10.2. The van der Waals surface area contributed by atoms with Crippen molar-refractivity contribution in [3.05, 3.63) is 23.8 Å². The molecule has 0 N–H and O–H groups in total. The van der Waals surface area contributed by atoms with Crippen molar-refractivity contribution in [3.63, 3.8) is 0 Å². The number of hydrogen-bond donors (Lipinski definition) is 0. The van der Waals surface area contributed by atoms with E-state index in [-0.39, 0.29) is 11.5 Å². The molecule has 5 heteroatoms. The Kier molecular flexibility index (Phi) is 3.31. The first-order chi connectivity index (χ1) is 7.97. The molecule has 0 saturated heterocycles. The summed E-state index contributed by atoms with van der Waals surface area (Å²) in [4.78, 5) is 0. The normalized spacial score (nSPS) is 16.5. The van der Waals surface area contributed by atoms with Gasteiger partial charge in [-0.1, -0.05) is 4.40 Å². The second-order valence-corrected chi connectivity index (χ2v) is 6.64. The smallest absolute Gasteiger partial charge is 0.231 e. The van der Waals surface area contributed by atoms with Gasteiger partial charge in [-0.25, -0.2) is 0 Å². The maximum atomic E-state index is 11.7. The van der Waals surface area contributed by atoms with E-state index in [1.54, 1.807) is 6.21 Å². The molecule has 2 rings (SSSR count). The summed E-state index contributed by atoms with van der Waals surface area (Å²) in [5.74, 6) is 1.44. The lowest BCUT2D eigenvalue weighted by Crippen LogP contribution is -2.25. The van der Waals surface area contributed by atoms with E-state index >= 15 is 0 Å². The summed E-state index contributed by atoms with van der Waals surface area (Å²) in [5.41, 5.74) is 0.854.